The second kappa shape index (κ2) is 7.61. The number of ether oxygens (including phenoxy) is 2. The van der Waals surface area contributed by atoms with Crippen molar-refractivity contribution in [2.75, 3.05) is 7.11 Å². The number of fused-ring (bicyclic) bond motifs is 1. The third kappa shape index (κ3) is 3.57. The molecule has 0 aliphatic rings. The van der Waals surface area contributed by atoms with Gasteiger partial charge < -0.3 is 9.47 Å². The number of methoxy groups -OCH3 is 1. The van der Waals surface area contributed by atoms with Crippen LogP contribution in [0.1, 0.15) is 41.3 Å². The first-order valence-corrected chi connectivity index (χ1v) is 8.05. The summed E-state index contributed by atoms with van der Waals surface area (Å²) in [5, 5.41) is 0. The van der Waals surface area contributed by atoms with Crippen molar-refractivity contribution in [1.29, 1.82) is 0 Å². The molecule has 0 N–H and O–H groups in total. The number of nitrogens with zero attached hydrogens (tertiary/aromatic N) is 2. The fraction of sp³-hybridized carbons (Fsp3) is 0.263. The van der Waals surface area contributed by atoms with Crippen molar-refractivity contribution >= 4 is 17.0 Å². The highest BCUT2D eigenvalue weighted by Crippen LogP contribution is 2.28. The van der Waals surface area contributed by atoms with E-state index in [1.807, 2.05) is 6.07 Å². The highest BCUT2D eigenvalue weighted by Gasteiger charge is 2.24. The zero-order valence-electron chi connectivity index (χ0n) is 14.4. The number of para-hydroxylation sites is 2. The number of halogens is 2. The van der Waals surface area contributed by atoms with Gasteiger partial charge in [0.15, 0.2) is 11.9 Å². The number of carbonyl (C=O) groups excluding carboxylic acids is 1. The first-order chi connectivity index (χ1) is 12.5. The Bertz CT molecular complexity index is 924. The Morgan fingerprint density at radius 3 is 2.69 bits per heavy atom. The quantitative estimate of drug-likeness (QED) is 0.608. The van der Waals surface area contributed by atoms with Gasteiger partial charge in [-0.3, -0.25) is 4.57 Å². The van der Waals surface area contributed by atoms with Crippen molar-refractivity contribution in [3.8, 4) is 0 Å². The molecule has 1 aromatic heterocycles. The number of hydrogen-bond donors (Lipinski definition) is 0. The second-order valence-corrected chi connectivity index (χ2v) is 5.79. The fourth-order valence-electron chi connectivity index (χ4n) is 2.79. The van der Waals surface area contributed by atoms with Crippen LogP contribution in [0.15, 0.2) is 48.5 Å². The summed E-state index contributed by atoms with van der Waals surface area (Å²) in [6, 6.07) is 13.3. The summed E-state index contributed by atoms with van der Waals surface area (Å²) >= 11 is 0. The van der Waals surface area contributed by atoms with Crippen LogP contribution in [0, 0.1) is 0 Å². The zero-order valence-corrected chi connectivity index (χ0v) is 14.4. The van der Waals surface area contributed by atoms with E-state index >= 15 is 0 Å². The molecule has 26 heavy (non-hydrogen) atoms. The van der Waals surface area contributed by atoms with Crippen molar-refractivity contribution in [2.45, 2.75) is 26.2 Å². The summed E-state index contributed by atoms with van der Waals surface area (Å²) < 4.78 is 38.2. The maximum absolute atomic E-state index is 13.5. The van der Waals surface area contributed by atoms with Crippen LogP contribution in [0.2, 0.25) is 0 Å². The van der Waals surface area contributed by atoms with Crippen LogP contribution >= 0.6 is 0 Å². The number of carbonyl (C=O) groups is 1. The van der Waals surface area contributed by atoms with E-state index in [1.165, 1.54) is 6.92 Å². The molecule has 7 heteroatoms. The van der Waals surface area contributed by atoms with Gasteiger partial charge in [-0.15, -0.1) is 0 Å². The Morgan fingerprint density at radius 2 is 1.96 bits per heavy atom. The van der Waals surface area contributed by atoms with Crippen molar-refractivity contribution < 1.29 is 23.0 Å². The minimum Gasteiger partial charge on any atom is -0.451 e. The van der Waals surface area contributed by atoms with Crippen LogP contribution in [-0.4, -0.2) is 22.6 Å². The molecule has 0 spiro atoms. The molecule has 0 aliphatic heterocycles. The normalized spacial score (nSPS) is 12.5. The summed E-state index contributed by atoms with van der Waals surface area (Å²) in [4.78, 5) is 16.6. The minimum absolute atomic E-state index is 0.00240. The lowest BCUT2D eigenvalue weighted by Crippen LogP contribution is -2.14. The fourth-order valence-corrected chi connectivity index (χ4v) is 2.79. The number of esters is 1. The molecule has 0 saturated heterocycles. The Labute approximate surface area is 149 Å². The molecule has 0 bridgehead atoms. The molecule has 0 fully saturated rings. The predicted octanol–water partition coefficient (Wildman–Crippen LogP) is 4.50. The monoisotopic (exact) mass is 360 g/mol. The summed E-state index contributed by atoms with van der Waals surface area (Å²) in [6.45, 7) is -0.905. The minimum atomic E-state index is -2.79. The standard InChI is InChI=1S/C19H18F2N2O3/c1-12(26-18(24)14-7-5-6-13(10-14)11-25-2)17-22-15-8-3-4-9-16(15)23(17)19(20)21/h3-10,12,19H,11H2,1-2H3. The molecular weight excluding hydrogens is 342 g/mol. The smallest absolute Gasteiger partial charge is 0.338 e. The molecule has 3 rings (SSSR count). The largest absolute Gasteiger partial charge is 0.451 e. The van der Waals surface area contributed by atoms with Gasteiger partial charge in [0.05, 0.1) is 23.2 Å². The summed E-state index contributed by atoms with van der Waals surface area (Å²) in [6.07, 6.45) is -0.935. The van der Waals surface area contributed by atoms with Gasteiger partial charge in [0.1, 0.15) is 0 Å². The molecule has 0 aliphatic carbocycles. The number of aromatic nitrogens is 2. The molecule has 0 amide bonds. The summed E-state index contributed by atoms with van der Waals surface area (Å²) in [7, 11) is 1.56. The molecule has 136 valence electrons. The van der Waals surface area contributed by atoms with Crippen molar-refractivity contribution in [3.63, 3.8) is 0 Å². The first kappa shape index (κ1) is 18.0. The second-order valence-electron chi connectivity index (χ2n) is 5.79. The highest BCUT2D eigenvalue weighted by molar-refractivity contribution is 5.89. The van der Waals surface area contributed by atoms with Gasteiger partial charge >= 0.3 is 12.5 Å². The average Bonchev–Trinajstić information content (AvgIpc) is 3.02. The van der Waals surface area contributed by atoms with E-state index in [9.17, 15) is 13.6 Å². The maximum atomic E-state index is 13.5. The highest BCUT2D eigenvalue weighted by atomic mass is 19.3. The van der Waals surface area contributed by atoms with E-state index in [0.29, 0.717) is 23.2 Å². The van der Waals surface area contributed by atoms with Crippen LogP contribution in [-0.2, 0) is 16.1 Å². The molecule has 3 aromatic rings. The van der Waals surface area contributed by atoms with Gasteiger partial charge in [0.2, 0.25) is 0 Å². The molecule has 5 nitrogen and oxygen atoms in total. The SMILES string of the molecule is COCc1cccc(C(=O)OC(C)c2nc3ccccc3n2C(F)F)c1. The molecule has 0 saturated carbocycles. The number of benzene rings is 2. The van der Waals surface area contributed by atoms with Gasteiger partial charge in [0, 0.05) is 7.11 Å². The van der Waals surface area contributed by atoms with Gasteiger partial charge in [-0.25, -0.2) is 9.78 Å². The van der Waals surface area contributed by atoms with Crippen LogP contribution < -0.4 is 0 Å². The van der Waals surface area contributed by atoms with Crippen molar-refractivity contribution in [1.82, 2.24) is 9.55 Å². The third-order valence-corrected chi connectivity index (χ3v) is 3.94. The topological polar surface area (TPSA) is 53.4 Å². The lowest BCUT2D eigenvalue weighted by atomic mass is 10.1. The van der Waals surface area contributed by atoms with Gasteiger partial charge in [0.25, 0.3) is 0 Å². The molecule has 0 radical (unpaired) electrons. The maximum Gasteiger partial charge on any atom is 0.338 e. The van der Waals surface area contributed by atoms with Gasteiger partial charge in [-0.05, 0) is 36.8 Å². The molecule has 1 heterocycles. The number of rotatable bonds is 6. The van der Waals surface area contributed by atoms with Gasteiger partial charge in [-0.2, -0.15) is 8.78 Å². The molecule has 1 atom stereocenters. The van der Waals surface area contributed by atoms with E-state index in [4.69, 9.17) is 9.47 Å². The van der Waals surface area contributed by atoms with Gasteiger partial charge in [-0.1, -0.05) is 24.3 Å². The summed E-state index contributed by atoms with van der Waals surface area (Å²) in [5.41, 5.74) is 1.86. The van der Waals surface area contributed by atoms with E-state index in [0.717, 1.165) is 10.1 Å². The predicted molar refractivity (Wildman–Crippen MR) is 92.0 cm³/mol. The van der Waals surface area contributed by atoms with Crippen molar-refractivity contribution in [2.24, 2.45) is 0 Å². The number of imidazole rings is 1. The molecule has 1 unspecified atom stereocenters. The van der Waals surface area contributed by atoms with Crippen LogP contribution in [0.3, 0.4) is 0 Å². The summed E-state index contributed by atoms with van der Waals surface area (Å²) in [5.74, 6) is -0.606. The van der Waals surface area contributed by atoms with E-state index in [1.54, 1.807) is 49.6 Å². The first-order valence-electron chi connectivity index (χ1n) is 8.05. The van der Waals surface area contributed by atoms with Crippen LogP contribution in [0.4, 0.5) is 8.78 Å². The van der Waals surface area contributed by atoms with Crippen LogP contribution in [0.25, 0.3) is 11.0 Å². The Morgan fingerprint density at radius 1 is 1.19 bits per heavy atom. The molecule has 2 aromatic carbocycles. The third-order valence-electron chi connectivity index (χ3n) is 3.94. The van der Waals surface area contributed by atoms with E-state index in [2.05, 4.69) is 4.98 Å². The number of alkyl halides is 2. The lowest BCUT2D eigenvalue weighted by Gasteiger charge is -2.15. The van der Waals surface area contributed by atoms with E-state index in [-0.39, 0.29) is 5.82 Å². The van der Waals surface area contributed by atoms with Crippen molar-refractivity contribution in [3.05, 3.63) is 65.5 Å². The van der Waals surface area contributed by atoms with E-state index < -0.39 is 18.6 Å². The Hall–Kier alpha value is -2.80. The lowest BCUT2D eigenvalue weighted by molar-refractivity contribution is 0.0233. The average molecular weight is 360 g/mol. The zero-order chi connectivity index (χ0) is 18.7. The Kier molecular flexibility index (Phi) is 5.27. The van der Waals surface area contributed by atoms with Crippen LogP contribution in [0.5, 0.6) is 0 Å². The Balaban J connectivity index is 1.87. The molecular formula is C19H18F2N2O3. The number of hydrogen-bond acceptors (Lipinski definition) is 4.